The predicted molar refractivity (Wildman–Crippen MR) is 91.5 cm³/mol. The fraction of sp³-hybridized carbons (Fsp3) is 0.500. The summed E-state index contributed by atoms with van der Waals surface area (Å²) < 4.78 is 36.0. The van der Waals surface area contributed by atoms with Crippen molar-refractivity contribution in [2.45, 2.75) is 0 Å². The largest absolute Gasteiger partial charge is 0.494 e. The molecule has 24 heavy (non-hydrogen) atoms. The van der Waals surface area contributed by atoms with E-state index in [1.54, 1.807) is 0 Å². The SMILES string of the molecule is COc1c(Cl)ccc(Cl)c1C(=O)NCCS(=O)(=O)N1CCOCC1. The molecule has 1 aliphatic rings. The van der Waals surface area contributed by atoms with Crippen LogP contribution in [0.25, 0.3) is 0 Å². The van der Waals surface area contributed by atoms with Gasteiger partial charge in [-0.05, 0) is 12.1 Å². The lowest BCUT2D eigenvalue weighted by Crippen LogP contribution is -2.43. The fourth-order valence-electron chi connectivity index (χ4n) is 2.28. The molecule has 0 radical (unpaired) electrons. The van der Waals surface area contributed by atoms with Gasteiger partial charge in [0.05, 0.1) is 36.1 Å². The third kappa shape index (κ3) is 4.52. The van der Waals surface area contributed by atoms with E-state index in [0.717, 1.165) is 0 Å². The zero-order chi connectivity index (χ0) is 17.7. The van der Waals surface area contributed by atoms with Crippen LogP contribution >= 0.6 is 23.2 Å². The molecular weight excluding hydrogens is 379 g/mol. The van der Waals surface area contributed by atoms with Crippen molar-refractivity contribution in [1.29, 1.82) is 0 Å². The van der Waals surface area contributed by atoms with E-state index >= 15 is 0 Å². The minimum Gasteiger partial charge on any atom is -0.494 e. The molecule has 134 valence electrons. The number of halogens is 2. The highest BCUT2D eigenvalue weighted by molar-refractivity contribution is 7.89. The Morgan fingerprint density at radius 3 is 2.54 bits per heavy atom. The monoisotopic (exact) mass is 396 g/mol. The van der Waals surface area contributed by atoms with Gasteiger partial charge in [-0.1, -0.05) is 23.2 Å². The van der Waals surface area contributed by atoms with E-state index in [2.05, 4.69) is 5.32 Å². The molecule has 0 spiro atoms. The average molecular weight is 397 g/mol. The molecule has 1 aromatic rings. The first-order valence-electron chi connectivity index (χ1n) is 7.22. The predicted octanol–water partition coefficient (Wildman–Crippen LogP) is 1.39. The highest BCUT2D eigenvalue weighted by atomic mass is 35.5. The first-order chi connectivity index (χ1) is 11.4. The van der Waals surface area contributed by atoms with E-state index in [1.807, 2.05) is 0 Å². The first kappa shape index (κ1) is 19.3. The molecule has 1 aliphatic heterocycles. The number of morpholine rings is 1. The number of carbonyl (C=O) groups excluding carboxylic acids is 1. The molecule has 0 atom stereocenters. The number of amides is 1. The smallest absolute Gasteiger partial charge is 0.256 e. The van der Waals surface area contributed by atoms with Gasteiger partial charge in [0.1, 0.15) is 5.56 Å². The van der Waals surface area contributed by atoms with Crippen LogP contribution in [0.15, 0.2) is 12.1 Å². The summed E-state index contributed by atoms with van der Waals surface area (Å²) in [5.74, 6) is -0.603. The van der Waals surface area contributed by atoms with Crippen LogP contribution in [0.1, 0.15) is 10.4 Å². The second-order valence-electron chi connectivity index (χ2n) is 5.02. The molecule has 0 unspecified atom stereocenters. The molecule has 0 saturated carbocycles. The lowest BCUT2D eigenvalue weighted by atomic mass is 10.2. The second kappa shape index (κ2) is 8.35. The lowest BCUT2D eigenvalue weighted by Gasteiger charge is -2.26. The topological polar surface area (TPSA) is 84.9 Å². The van der Waals surface area contributed by atoms with Crippen LogP contribution in [-0.2, 0) is 14.8 Å². The number of ether oxygens (including phenoxy) is 2. The summed E-state index contributed by atoms with van der Waals surface area (Å²) in [5.41, 5.74) is 0.0791. The van der Waals surface area contributed by atoms with Crippen molar-refractivity contribution in [2.75, 3.05) is 45.7 Å². The van der Waals surface area contributed by atoms with Gasteiger partial charge in [-0.2, -0.15) is 4.31 Å². The fourth-order valence-corrected chi connectivity index (χ4v) is 4.07. The second-order valence-corrected chi connectivity index (χ2v) is 7.92. The molecule has 0 aliphatic carbocycles. The summed E-state index contributed by atoms with van der Waals surface area (Å²) in [6.45, 7) is 1.35. The van der Waals surface area contributed by atoms with E-state index < -0.39 is 15.9 Å². The number of nitrogens with one attached hydrogen (secondary N) is 1. The third-order valence-electron chi connectivity index (χ3n) is 3.50. The Kier molecular flexibility index (Phi) is 6.70. The number of methoxy groups -OCH3 is 1. The first-order valence-corrected chi connectivity index (χ1v) is 9.59. The maximum atomic E-state index is 12.3. The Morgan fingerprint density at radius 1 is 1.29 bits per heavy atom. The van der Waals surface area contributed by atoms with Crippen LogP contribution in [0.3, 0.4) is 0 Å². The normalized spacial score (nSPS) is 16.0. The molecule has 7 nitrogen and oxygen atoms in total. The summed E-state index contributed by atoms with van der Waals surface area (Å²) in [6.07, 6.45) is 0. The molecule has 2 rings (SSSR count). The molecule has 1 aromatic carbocycles. The zero-order valence-electron chi connectivity index (χ0n) is 13.0. The molecule has 1 heterocycles. The Hall–Kier alpha value is -1.06. The van der Waals surface area contributed by atoms with Crippen LogP contribution in [0, 0.1) is 0 Å². The standard InChI is InChI=1S/C14H18Cl2N2O5S/c1-22-13-11(16)3-2-10(15)12(13)14(19)17-4-9-24(20,21)18-5-7-23-8-6-18/h2-3H,4-9H2,1H3,(H,17,19). The summed E-state index contributed by atoms with van der Waals surface area (Å²) >= 11 is 12.0. The number of nitrogens with zero attached hydrogens (tertiary/aromatic N) is 1. The van der Waals surface area contributed by atoms with E-state index in [1.165, 1.54) is 23.5 Å². The van der Waals surface area contributed by atoms with Crippen LogP contribution in [0.5, 0.6) is 5.75 Å². The Labute approximate surface area is 150 Å². The summed E-state index contributed by atoms with van der Waals surface area (Å²) in [6, 6.07) is 2.99. The van der Waals surface area contributed by atoms with Gasteiger partial charge in [-0.15, -0.1) is 0 Å². The van der Waals surface area contributed by atoms with Crippen molar-refractivity contribution in [3.63, 3.8) is 0 Å². The maximum Gasteiger partial charge on any atom is 0.256 e. The summed E-state index contributed by atoms with van der Waals surface area (Å²) in [7, 11) is -2.07. The highest BCUT2D eigenvalue weighted by Crippen LogP contribution is 2.33. The van der Waals surface area contributed by atoms with Crippen molar-refractivity contribution in [3.05, 3.63) is 27.7 Å². The Balaban J connectivity index is 2.00. The van der Waals surface area contributed by atoms with Crippen LogP contribution in [0.4, 0.5) is 0 Å². The molecule has 0 bridgehead atoms. The highest BCUT2D eigenvalue weighted by Gasteiger charge is 2.25. The van der Waals surface area contributed by atoms with E-state index in [-0.39, 0.29) is 33.7 Å². The number of benzene rings is 1. The van der Waals surface area contributed by atoms with Crippen LogP contribution < -0.4 is 10.1 Å². The van der Waals surface area contributed by atoms with E-state index in [4.69, 9.17) is 32.7 Å². The summed E-state index contributed by atoms with van der Waals surface area (Å²) in [4.78, 5) is 12.3. The van der Waals surface area contributed by atoms with Gasteiger partial charge in [0.25, 0.3) is 5.91 Å². The number of hydrogen-bond donors (Lipinski definition) is 1. The molecule has 1 N–H and O–H groups in total. The number of rotatable bonds is 6. The van der Waals surface area contributed by atoms with Gasteiger partial charge in [-0.25, -0.2) is 8.42 Å². The van der Waals surface area contributed by atoms with Crippen molar-refractivity contribution in [2.24, 2.45) is 0 Å². The molecule has 10 heteroatoms. The van der Waals surface area contributed by atoms with Crippen molar-refractivity contribution in [3.8, 4) is 5.75 Å². The number of sulfonamides is 1. The number of carbonyl (C=O) groups is 1. The Bertz CT molecular complexity index is 705. The quantitative estimate of drug-likeness (QED) is 0.785. The molecule has 1 fully saturated rings. The molecule has 1 saturated heterocycles. The van der Waals surface area contributed by atoms with Crippen molar-refractivity contribution < 1.29 is 22.7 Å². The third-order valence-corrected chi connectivity index (χ3v) is 5.98. The van der Waals surface area contributed by atoms with Crippen molar-refractivity contribution >= 4 is 39.1 Å². The Morgan fingerprint density at radius 2 is 1.92 bits per heavy atom. The molecular formula is C14H18Cl2N2O5S. The number of hydrogen-bond acceptors (Lipinski definition) is 5. The molecule has 1 amide bonds. The zero-order valence-corrected chi connectivity index (χ0v) is 15.4. The lowest BCUT2D eigenvalue weighted by molar-refractivity contribution is 0.0730. The van der Waals surface area contributed by atoms with Gasteiger partial charge in [0.2, 0.25) is 10.0 Å². The average Bonchev–Trinajstić information content (AvgIpc) is 2.57. The van der Waals surface area contributed by atoms with E-state index in [0.29, 0.717) is 26.3 Å². The van der Waals surface area contributed by atoms with E-state index in [9.17, 15) is 13.2 Å². The minimum absolute atomic E-state index is 0.0511. The van der Waals surface area contributed by atoms with Gasteiger partial charge in [0, 0.05) is 19.6 Å². The van der Waals surface area contributed by atoms with Crippen LogP contribution in [0.2, 0.25) is 10.0 Å². The molecule has 0 aromatic heterocycles. The van der Waals surface area contributed by atoms with Gasteiger partial charge < -0.3 is 14.8 Å². The van der Waals surface area contributed by atoms with Gasteiger partial charge in [0.15, 0.2) is 5.75 Å². The van der Waals surface area contributed by atoms with Gasteiger partial charge in [-0.3, -0.25) is 4.79 Å². The van der Waals surface area contributed by atoms with Gasteiger partial charge >= 0.3 is 0 Å². The summed E-state index contributed by atoms with van der Waals surface area (Å²) in [5, 5.41) is 2.95. The van der Waals surface area contributed by atoms with Crippen LogP contribution in [-0.4, -0.2) is 64.3 Å². The maximum absolute atomic E-state index is 12.3. The minimum atomic E-state index is -3.45. The van der Waals surface area contributed by atoms with Crippen molar-refractivity contribution in [1.82, 2.24) is 9.62 Å².